The average Bonchev–Trinajstić information content (AvgIpc) is 3.40. The molecule has 0 bridgehead atoms. The highest BCUT2D eigenvalue weighted by Gasteiger charge is 2.36. The molecule has 4 heterocycles. The lowest BCUT2D eigenvalue weighted by Crippen LogP contribution is -2.33. The first-order valence-corrected chi connectivity index (χ1v) is 8.43. The number of nitrogens with zero attached hydrogens (tertiary/aromatic N) is 2. The summed E-state index contributed by atoms with van der Waals surface area (Å²) in [5, 5.41) is 0. The molecule has 1 aromatic rings. The van der Waals surface area contributed by atoms with E-state index in [9.17, 15) is 0 Å². The molecule has 5 rings (SSSR count). The lowest BCUT2D eigenvalue weighted by Gasteiger charge is -2.27. The first-order chi connectivity index (χ1) is 11.3. The molecule has 4 aliphatic heterocycles. The molecule has 124 valence electrons. The summed E-state index contributed by atoms with van der Waals surface area (Å²) in [6.07, 6.45) is 1.32. The Morgan fingerprint density at radius 1 is 0.783 bits per heavy atom. The third-order valence-electron chi connectivity index (χ3n) is 4.65. The van der Waals surface area contributed by atoms with Crippen molar-refractivity contribution in [2.24, 2.45) is 0 Å². The monoisotopic (exact) mass is 318 g/mol. The highest BCUT2D eigenvalue weighted by molar-refractivity contribution is 5.60. The van der Waals surface area contributed by atoms with E-state index in [4.69, 9.17) is 18.9 Å². The molecule has 4 aliphatic rings. The van der Waals surface area contributed by atoms with Crippen LogP contribution >= 0.6 is 0 Å². The van der Waals surface area contributed by atoms with Crippen LogP contribution in [0, 0.1) is 0 Å². The van der Waals surface area contributed by atoms with Gasteiger partial charge in [-0.25, -0.2) is 0 Å². The van der Waals surface area contributed by atoms with Gasteiger partial charge in [-0.1, -0.05) is 6.07 Å². The Labute approximate surface area is 135 Å². The smallest absolute Gasteiger partial charge is 0.154 e. The van der Waals surface area contributed by atoms with Crippen molar-refractivity contribution in [3.63, 3.8) is 0 Å². The van der Waals surface area contributed by atoms with E-state index >= 15 is 0 Å². The van der Waals surface area contributed by atoms with Crippen molar-refractivity contribution in [3.05, 3.63) is 24.3 Å². The first kappa shape index (κ1) is 14.0. The Bertz CT molecular complexity index is 553. The lowest BCUT2D eigenvalue weighted by molar-refractivity contribution is 0.371. The molecule has 4 saturated heterocycles. The largest absolute Gasteiger partial charge is 0.371 e. The SMILES string of the molecule is c1cc(N(CC2CO2)CC2CO2)cc(N(CC2CO2)C2CO2)c1. The zero-order valence-electron chi connectivity index (χ0n) is 13.1. The molecule has 4 unspecified atom stereocenters. The zero-order valence-corrected chi connectivity index (χ0v) is 13.1. The summed E-state index contributed by atoms with van der Waals surface area (Å²) in [6.45, 7) is 6.22. The molecular weight excluding hydrogens is 296 g/mol. The van der Waals surface area contributed by atoms with Crippen LogP contribution in [-0.4, -0.2) is 70.6 Å². The van der Waals surface area contributed by atoms with Gasteiger partial charge in [0.15, 0.2) is 6.23 Å². The Morgan fingerprint density at radius 3 is 1.91 bits per heavy atom. The van der Waals surface area contributed by atoms with Gasteiger partial charge in [-0.3, -0.25) is 0 Å². The predicted octanol–water partition coefficient (Wildman–Crippen LogP) is 0.852. The summed E-state index contributed by atoms with van der Waals surface area (Å²) in [6, 6.07) is 8.72. The van der Waals surface area contributed by atoms with E-state index in [0.717, 1.165) is 46.1 Å². The van der Waals surface area contributed by atoms with Crippen LogP contribution in [0.25, 0.3) is 0 Å². The third-order valence-corrected chi connectivity index (χ3v) is 4.65. The van der Waals surface area contributed by atoms with Crippen molar-refractivity contribution in [1.29, 1.82) is 0 Å². The van der Waals surface area contributed by atoms with Crippen molar-refractivity contribution >= 4 is 11.4 Å². The molecule has 4 fully saturated rings. The van der Waals surface area contributed by atoms with Gasteiger partial charge in [0.1, 0.15) is 0 Å². The van der Waals surface area contributed by atoms with Gasteiger partial charge >= 0.3 is 0 Å². The van der Waals surface area contributed by atoms with Crippen LogP contribution < -0.4 is 9.80 Å². The van der Waals surface area contributed by atoms with Crippen molar-refractivity contribution in [2.75, 3.05) is 55.9 Å². The molecule has 0 N–H and O–H groups in total. The minimum absolute atomic E-state index is 0.210. The maximum Gasteiger partial charge on any atom is 0.154 e. The number of ether oxygens (including phenoxy) is 4. The Balaban J connectivity index is 1.35. The van der Waals surface area contributed by atoms with Crippen LogP contribution in [0.2, 0.25) is 0 Å². The van der Waals surface area contributed by atoms with E-state index in [2.05, 4.69) is 34.1 Å². The maximum atomic E-state index is 5.52. The molecule has 6 nitrogen and oxygen atoms in total. The van der Waals surface area contributed by atoms with Gasteiger partial charge < -0.3 is 28.7 Å². The van der Waals surface area contributed by atoms with Gasteiger partial charge in [-0.15, -0.1) is 0 Å². The van der Waals surface area contributed by atoms with Crippen LogP contribution in [0.5, 0.6) is 0 Å². The standard InChI is InChI=1S/C17H22N2O4/c1-2-12(18(5-14-8-20-14)6-15-9-21-15)4-13(3-1)19(17-11-23-17)7-16-10-22-16/h1-4,14-17H,5-11H2. The molecule has 6 heteroatoms. The van der Waals surface area contributed by atoms with Gasteiger partial charge in [-0.2, -0.15) is 0 Å². The van der Waals surface area contributed by atoms with Gasteiger partial charge in [0.25, 0.3) is 0 Å². The number of epoxide rings is 4. The molecule has 0 radical (unpaired) electrons. The maximum absolute atomic E-state index is 5.52. The van der Waals surface area contributed by atoms with Crippen LogP contribution in [0.3, 0.4) is 0 Å². The summed E-state index contributed by atoms with van der Waals surface area (Å²) < 4.78 is 21.8. The number of benzene rings is 1. The molecule has 23 heavy (non-hydrogen) atoms. The summed E-state index contributed by atoms with van der Waals surface area (Å²) in [5.41, 5.74) is 2.44. The van der Waals surface area contributed by atoms with Crippen molar-refractivity contribution < 1.29 is 18.9 Å². The summed E-state index contributed by atoms with van der Waals surface area (Å²) in [7, 11) is 0. The fraction of sp³-hybridized carbons (Fsp3) is 0.647. The molecule has 0 saturated carbocycles. The van der Waals surface area contributed by atoms with E-state index in [-0.39, 0.29) is 6.23 Å². The molecule has 4 atom stereocenters. The normalized spacial score (nSPS) is 33.2. The second kappa shape index (κ2) is 5.63. The van der Waals surface area contributed by atoms with E-state index in [1.807, 2.05) is 0 Å². The fourth-order valence-electron chi connectivity index (χ4n) is 3.00. The lowest BCUT2D eigenvalue weighted by atomic mass is 10.2. The van der Waals surface area contributed by atoms with Crippen LogP contribution in [0.15, 0.2) is 24.3 Å². The summed E-state index contributed by atoms with van der Waals surface area (Å²) >= 11 is 0. The second-order valence-corrected chi connectivity index (χ2v) is 6.73. The molecule has 0 aliphatic carbocycles. The minimum Gasteiger partial charge on any atom is -0.371 e. The second-order valence-electron chi connectivity index (χ2n) is 6.73. The highest BCUT2D eigenvalue weighted by Crippen LogP contribution is 2.31. The molecule has 1 aromatic carbocycles. The van der Waals surface area contributed by atoms with Gasteiger partial charge in [-0.05, 0) is 18.2 Å². The molecule has 0 spiro atoms. The third kappa shape index (κ3) is 3.61. The quantitative estimate of drug-likeness (QED) is 0.629. The van der Waals surface area contributed by atoms with Crippen LogP contribution in [-0.2, 0) is 18.9 Å². The number of anilines is 2. The first-order valence-electron chi connectivity index (χ1n) is 8.43. The van der Waals surface area contributed by atoms with Crippen LogP contribution in [0.1, 0.15) is 0 Å². The Morgan fingerprint density at radius 2 is 1.35 bits per heavy atom. The van der Waals surface area contributed by atoms with Gasteiger partial charge in [0, 0.05) is 31.0 Å². The average molecular weight is 318 g/mol. The van der Waals surface area contributed by atoms with Crippen molar-refractivity contribution in [1.82, 2.24) is 0 Å². The Kier molecular flexibility index (Phi) is 3.44. The van der Waals surface area contributed by atoms with Crippen molar-refractivity contribution in [3.8, 4) is 0 Å². The Hall–Kier alpha value is -1.34. The van der Waals surface area contributed by atoms with Crippen LogP contribution in [0.4, 0.5) is 11.4 Å². The fourth-order valence-corrected chi connectivity index (χ4v) is 3.00. The summed E-state index contributed by atoms with van der Waals surface area (Å²) in [5.74, 6) is 0. The minimum atomic E-state index is 0.210. The van der Waals surface area contributed by atoms with Crippen molar-refractivity contribution in [2.45, 2.75) is 24.5 Å². The van der Waals surface area contributed by atoms with Gasteiger partial charge in [0.2, 0.25) is 0 Å². The van der Waals surface area contributed by atoms with E-state index in [1.165, 1.54) is 11.4 Å². The molecular formula is C17H22N2O4. The predicted molar refractivity (Wildman–Crippen MR) is 85.0 cm³/mol. The highest BCUT2D eigenvalue weighted by atomic mass is 16.6. The molecule has 0 amide bonds. The topological polar surface area (TPSA) is 56.6 Å². The number of rotatable bonds is 9. The van der Waals surface area contributed by atoms with Gasteiger partial charge in [0.05, 0.1) is 44.7 Å². The van der Waals surface area contributed by atoms with E-state index in [0.29, 0.717) is 18.3 Å². The van der Waals surface area contributed by atoms with E-state index in [1.54, 1.807) is 0 Å². The van der Waals surface area contributed by atoms with E-state index < -0.39 is 0 Å². The summed E-state index contributed by atoms with van der Waals surface area (Å²) in [4.78, 5) is 4.71. The molecule has 0 aromatic heterocycles. The number of hydrogen-bond donors (Lipinski definition) is 0. The number of hydrogen-bond acceptors (Lipinski definition) is 6. The zero-order chi connectivity index (χ0) is 15.2.